The molecule has 0 spiro atoms. The van der Waals surface area contributed by atoms with Gasteiger partial charge in [0.15, 0.2) is 0 Å². The van der Waals surface area contributed by atoms with Crippen LogP contribution in [0.1, 0.15) is 31.2 Å². The lowest BCUT2D eigenvalue weighted by atomic mass is 9.80. The number of nitrogens with zero attached hydrogens (tertiary/aromatic N) is 2. The fraction of sp³-hybridized carbons (Fsp3) is 0.615. The van der Waals surface area contributed by atoms with Crippen molar-refractivity contribution in [3.63, 3.8) is 0 Å². The summed E-state index contributed by atoms with van der Waals surface area (Å²) < 4.78 is 0. The van der Waals surface area contributed by atoms with E-state index in [1.807, 2.05) is 25.2 Å². The molecule has 0 bridgehead atoms. The first kappa shape index (κ1) is 11.4. The molecule has 3 nitrogen and oxygen atoms in total. The highest BCUT2D eigenvalue weighted by Crippen LogP contribution is 2.40. The Hall–Kier alpha value is -1.09. The second kappa shape index (κ2) is 4.42. The topological polar surface area (TPSA) is 42.1 Å². The lowest BCUT2D eigenvalue weighted by Gasteiger charge is -2.27. The SMILES string of the molecule is CN(C)c1ccc(C2(CN)CCCC2)cn1. The van der Waals surface area contributed by atoms with Crippen molar-refractivity contribution in [2.24, 2.45) is 5.73 Å². The van der Waals surface area contributed by atoms with Crippen LogP contribution in [0.3, 0.4) is 0 Å². The van der Waals surface area contributed by atoms with Gasteiger partial charge in [-0.2, -0.15) is 0 Å². The molecule has 0 atom stereocenters. The van der Waals surface area contributed by atoms with Crippen molar-refractivity contribution < 1.29 is 0 Å². The predicted octanol–water partition coefficient (Wildman–Crippen LogP) is 1.92. The maximum absolute atomic E-state index is 5.96. The normalized spacial score (nSPS) is 18.7. The maximum atomic E-state index is 5.96. The Morgan fingerprint density at radius 3 is 2.44 bits per heavy atom. The van der Waals surface area contributed by atoms with Gasteiger partial charge in [0.05, 0.1) is 0 Å². The van der Waals surface area contributed by atoms with Gasteiger partial charge in [0, 0.05) is 32.3 Å². The highest BCUT2D eigenvalue weighted by molar-refractivity contribution is 5.39. The first-order valence-electron chi connectivity index (χ1n) is 6.02. The molecule has 0 radical (unpaired) electrons. The van der Waals surface area contributed by atoms with Crippen LogP contribution in [0.25, 0.3) is 0 Å². The summed E-state index contributed by atoms with van der Waals surface area (Å²) in [5.41, 5.74) is 7.48. The molecule has 1 heterocycles. The van der Waals surface area contributed by atoms with E-state index in [-0.39, 0.29) is 5.41 Å². The minimum Gasteiger partial charge on any atom is -0.363 e. The first-order valence-corrected chi connectivity index (χ1v) is 6.02. The molecule has 2 N–H and O–H groups in total. The van der Waals surface area contributed by atoms with Gasteiger partial charge in [0.25, 0.3) is 0 Å². The van der Waals surface area contributed by atoms with Crippen molar-refractivity contribution >= 4 is 5.82 Å². The molecule has 0 unspecified atom stereocenters. The Labute approximate surface area is 97.7 Å². The number of nitrogens with two attached hydrogens (primary N) is 1. The third kappa shape index (κ3) is 1.92. The fourth-order valence-corrected chi connectivity index (χ4v) is 2.63. The van der Waals surface area contributed by atoms with Crippen LogP contribution >= 0.6 is 0 Å². The molecule has 0 aromatic carbocycles. The van der Waals surface area contributed by atoms with Crippen LogP contribution in [-0.2, 0) is 5.41 Å². The lowest BCUT2D eigenvalue weighted by molar-refractivity contribution is 0.451. The lowest BCUT2D eigenvalue weighted by Crippen LogP contribution is -2.32. The van der Waals surface area contributed by atoms with E-state index in [4.69, 9.17) is 5.73 Å². The smallest absolute Gasteiger partial charge is 0.127 e. The molecular formula is C13H21N3. The molecular weight excluding hydrogens is 198 g/mol. The largest absolute Gasteiger partial charge is 0.363 e. The summed E-state index contributed by atoms with van der Waals surface area (Å²) in [6.07, 6.45) is 7.03. The van der Waals surface area contributed by atoms with Crippen molar-refractivity contribution in [2.75, 3.05) is 25.5 Å². The zero-order valence-corrected chi connectivity index (χ0v) is 10.2. The number of hydrogen-bond donors (Lipinski definition) is 1. The average Bonchev–Trinajstić information content (AvgIpc) is 2.79. The molecule has 0 aliphatic heterocycles. The van der Waals surface area contributed by atoms with E-state index >= 15 is 0 Å². The van der Waals surface area contributed by atoms with Gasteiger partial charge in [-0.1, -0.05) is 18.9 Å². The molecule has 3 heteroatoms. The van der Waals surface area contributed by atoms with Crippen LogP contribution in [0.15, 0.2) is 18.3 Å². The molecule has 0 saturated heterocycles. The Morgan fingerprint density at radius 1 is 1.31 bits per heavy atom. The van der Waals surface area contributed by atoms with Gasteiger partial charge in [-0.3, -0.25) is 0 Å². The van der Waals surface area contributed by atoms with Crippen molar-refractivity contribution in [2.45, 2.75) is 31.1 Å². The molecule has 1 aromatic heterocycles. The van der Waals surface area contributed by atoms with Crippen molar-refractivity contribution in [1.29, 1.82) is 0 Å². The van der Waals surface area contributed by atoms with Gasteiger partial charge in [0.2, 0.25) is 0 Å². The Kier molecular flexibility index (Phi) is 3.15. The third-order valence-electron chi connectivity index (χ3n) is 3.77. The fourth-order valence-electron chi connectivity index (χ4n) is 2.63. The van der Waals surface area contributed by atoms with E-state index in [0.717, 1.165) is 12.4 Å². The van der Waals surface area contributed by atoms with Gasteiger partial charge in [-0.25, -0.2) is 4.98 Å². The molecule has 0 amide bonds. The zero-order valence-electron chi connectivity index (χ0n) is 10.2. The van der Waals surface area contributed by atoms with Crippen molar-refractivity contribution in [1.82, 2.24) is 4.98 Å². The minimum absolute atomic E-state index is 0.206. The Balaban J connectivity index is 2.26. The number of aromatic nitrogens is 1. The predicted molar refractivity (Wildman–Crippen MR) is 67.8 cm³/mol. The van der Waals surface area contributed by atoms with E-state index in [9.17, 15) is 0 Å². The minimum atomic E-state index is 0.206. The standard InChI is InChI=1S/C13H21N3/c1-16(2)12-6-5-11(9-15-12)13(10-14)7-3-4-8-13/h5-6,9H,3-4,7-8,10,14H2,1-2H3. The number of hydrogen-bond acceptors (Lipinski definition) is 3. The number of rotatable bonds is 3. The summed E-state index contributed by atoms with van der Waals surface area (Å²) in [4.78, 5) is 6.51. The summed E-state index contributed by atoms with van der Waals surface area (Å²) in [7, 11) is 4.02. The third-order valence-corrected chi connectivity index (χ3v) is 3.77. The molecule has 1 aromatic rings. The molecule has 1 saturated carbocycles. The highest BCUT2D eigenvalue weighted by atomic mass is 15.1. The maximum Gasteiger partial charge on any atom is 0.127 e. The van der Waals surface area contributed by atoms with Gasteiger partial charge in [-0.05, 0) is 24.5 Å². The quantitative estimate of drug-likeness (QED) is 0.844. The summed E-state index contributed by atoms with van der Waals surface area (Å²) in [5.74, 6) is 1.01. The van der Waals surface area contributed by atoms with Crippen molar-refractivity contribution in [3.05, 3.63) is 23.9 Å². The average molecular weight is 219 g/mol. The van der Waals surface area contributed by atoms with Gasteiger partial charge < -0.3 is 10.6 Å². The van der Waals surface area contributed by atoms with E-state index in [1.54, 1.807) is 0 Å². The van der Waals surface area contributed by atoms with E-state index in [0.29, 0.717) is 0 Å². The van der Waals surface area contributed by atoms with E-state index < -0.39 is 0 Å². The first-order chi connectivity index (χ1) is 7.68. The molecule has 16 heavy (non-hydrogen) atoms. The van der Waals surface area contributed by atoms with Crippen LogP contribution in [0.4, 0.5) is 5.82 Å². The molecule has 1 aliphatic rings. The highest BCUT2D eigenvalue weighted by Gasteiger charge is 2.34. The van der Waals surface area contributed by atoms with Crippen LogP contribution in [0.2, 0.25) is 0 Å². The summed E-state index contributed by atoms with van der Waals surface area (Å²) in [6.45, 7) is 0.746. The summed E-state index contributed by atoms with van der Waals surface area (Å²) in [5, 5.41) is 0. The van der Waals surface area contributed by atoms with Crippen LogP contribution < -0.4 is 10.6 Å². The summed E-state index contributed by atoms with van der Waals surface area (Å²) >= 11 is 0. The summed E-state index contributed by atoms with van der Waals surface area (Å²) in [6, 6.07) is 4.28. The second-order valence-corrected chi connectivity index (χ2v) is 4.99. The zero-order chi connectivity index (χ0) is 11.6. The van der Waals surface area contributed by atoms with Gasteiger partial charge in [-0.15, -0.1) is 0 Å². The van der Waals surface area contributed by atoms with Gasteiger partial charge in [0.1, 0.15) is 5.82 Å². The van der Waals surface area contributed by atoms with E-state index in [1.165, 1.54) is 31.2 Å². The molecule has 2 rings (SSSR count). The number of anilines is 1. The second-order valence-electron chi connectivity index (χ2n) is 4.99. The van der Waals surface area contributed by atoms with Crippen molar-refractivity contribution in [3.8, 4) is 0 Å². The number of pyridine rings is 1. The Morgan fingerprint density at radius 2 is 2.00 bits per heavy atom. The molecule has 1 fully saturated rings. The molecule has 88 valence electrons. The monoisotopic (exact) mass is 219 g/mol. The van der Waals surface area contributed by atoms with E-state index in [2.05, 4.69) is 17.1 Å². The van der Waals surface area contributed by atoms with Crippen LogP contribution in [-0.4, -0.2) is 25.6 Å². The van der Waals surface area contributed by atoms with Gasteiger partial charge >= 0.3 is 0 Å². The Bertz CT molecular complexity index is 337. The van der Waals surface area contributed by atoms with Crippen LogP contribution in [0, 0.1) is 0 Å². The van der Waals surface area contributed by atoms with Crippen LogP contribution in [0.5, 0.6) is 0 Å². The molecule has 1 aliphatic carbocycles.